The number of amides is 2. The summed E-state index contributed by atoms with van der Waals surface area (Å²) in [5, 5.41) is 2.63. The summed E-state index contributed by atoms with van der Waals surface area (Å²) in [4.78, 5) is 28.3. The minimum Gasteiger partial charge on any atom is -0.497 e. The number of hydrogen-bond acceptors (Lipinski definition) is 6. The van der Waals surface area contributed by atoms with Crippen LogP contribution in [0.5, 0.6) is 11.5 Å². The summed E-state index contributed by atoms with van der Waals surface area (Å²) in [6.07, 6.45) is 0.344. The summed E-state index contributed by atoms with van der Waals surface area (Å²) < 4.78 is 39.6. The summed E-state index contributed by atoms with van der Waals surface area (Å²) in [7, 11) is 0.202. The highest BCUT2D eigenvalue weighted by atomic mass is 32.2. The van der Waals surface area contributed by atoms with Crippen molar-refractivity contribution in [3.05, 3.63) is 83.9 Å². The number of ether oxygens (including phenoxy) is 2. The fourth-order valence-corrected chi connectivity index (χ4v) is 5.71. The van der Waals surface area contributed by atoms with Crippen molar-refractivity contribution in [2.24, 2.45) is 0 Å². The number of nitrogens with zero attached hydrogens (tertiary/aromatic N) is 2. The summed E-state index contributed by atoms with van der Waals surface area (Å²) in [5.41, 5.74) is 2.01. The molecule has 0 aliphatic rings. The van der Waals surface area contributed by atoms with Crippen molar-refractivity contribution in [1.29, 1.82) is 0 Å². The Balaban J connectivity index is 2.11. The van der Waals surface area contributed by atoms with Crippen LogP contribution in [0.2, 0.25) is 0 Å². The van der Waals surface area contributed by atoms with Crippen molar-refractivity contribution in [3.8, 4) is 11.5 Å². The molecule has 2 amide bonds. The number of carbonyl (C=O) groups is 2. The molecular formula is C29H35N3O6S. The summed E-state index contributed by atoms with van der Waals surface area (Å²) in [5.74, 6) is -0.0844. The fourth-order valence-electron chi connectivity index (χ4n) is 4.28. The van der Waals surface area contributed by atoms with Gasteiger partial charge in [-0.2, -0.15) is 0 Å². The lowest BCUT2D eigenvalue weighted by Crippen LogP contribution is -2.51. The smallest absolute Gasteiger partial charge is 0.264 e. The van der Waals surface area contributed by atoms with E-state index in [9.17, 15) is 18.0 Å². The molecule has 9 nitrogen and oxygen atoms in total. The zero-order valence-electron chi connectivity index (χ0n) is 22.9. The minimum atomic E-state index is -4.23. The molecule has 3 rings (SSSR count). The Kier molecular flexibility index (Phi) is 9.95. The third kappa shape index (κ3) is 6.69. The first kappa shape index (κ1) is 29.5. The third-order valence-corrected chi connectivity index (χ3v) is 8.29. The summed E-state index contributed by atoms with van der Waals surface area (Å²) >= 11 is 0. The second-order valence-corrected chi connectivity index (χ2v) is 10.7. The Bertz CT molecular complexity index is 1390. The number of carbonyl (C=O) groups excluding carboxylic acids is 2. The van der Waals surface area contributed by atoms with Crippen LogP contribution in [0, 0.1) is 6.92 Å². The minimum absolute atomic E-state index is 0.0224. The number of methoxy groups -OCH3 is 2. The van der Waals surface area contributed by atoms with E-state index in [4.69, 9.17) is 9.47 Å². The molecule has 0 bridgehead atoms. The Morgan fingerprint density at radius 3 is 2.15 bits per heavy atom. The van der Waals surface area contributed by atoms with Gasteiger partial charge in [-0.25, -0.2) is 8.42 Å². The quantitative estimate of drug-likeness (QED) is 0.366. The van der Waals surface area contributed by atoms with Gasteiger partial charge in [0.15, 0.2) is 0 Å². The van der Waals surface area contributed by atoms with Gasteiger partial charge < -0.3 is 19.7 Å². The lowest BCUT2D eigenvalue weighted by atomic mass is 10.1. The lowest BCUT2D eigenvalue weighted by Gasteiger charge is -2.33. The average molecular weight is 554 g/mol. The molecule has 0 aliphatic heterocycles. The first-order chi connectivity index (χ1) is 18.7. The molecule has 0 heterocycles. The molecule has 1 unspecified atom stereocenters. The largest absolute Gasteiger partial charge is 0.497 e. The van der Waals surface area contributed by atoms with E-state index in [0.717, 1.165) is 15.4 Å². The van der Waals surface area contributed by atoms with Crippen LogP contribution in [0.15, 0.2) is 77.7 Å². The highest BCUT2D eigenvalue weighted by Gasteiger charge is 2.34. The Morgan fingerprint density at radius 1 is 0.923 bits per heavy atom. The van der Waals surface area contributed by atoms with E-state index in [1.807, 2.05) is 38.1 Å². The lowest BCUT2D eigenvalue weighted by molar-refractivity contribution is -0.140. The van der Waals surface area contributed by atoms with E-state index in [0.29, 0.717) is 12.2 Å². The van der Waals surface area contributed by atoms with Crippen LogP contribution < -0.4 is 19.1 Å². The topological polar surface area (TPSA) is 105 Å². The van der Waals surface area contributed by atoms with Crippen LogP contribution in [0.3, 0.4) is 0 Å². The first-order valence-electron chi connectivity index (χ1n) is 12.5. The van der Waals surface area contributed by atoms with Crippen molar-refractivity contribution in [3.63, 3.8) is 0 Å². The predicted molar refractivity (Wildman–Crippen MR) is 150 cm³/mol. The normalized spacial score (nSPS) is 11.8. The molecule has 39 heavy (non-hydrogen) atoms. The van der Waals surface area contributed by atoms with Crippen LogP contribution in [0.4, 0.5) is 5.69 Å². The molecular weight excluding hydrogens is 518 g/mol. The van der Waals surface area contributed by atoms with Gasteiger partial charge in [-0.05, 0) is 60.9 Å². The molecule has 0 radical (unpaired) electrons. The maximum atomic E-state index is 14.0. The van der Waals surface area contributed by atoms with Crippen LogP contribution in [-0.2, 0) is 26.2 Å². The van der Waals surface area contributed by atoms with E-state index in [-0.39, 0.29) is 28.8 Å². The number of sulfonamides is 1. The molecule has 0 aliphatic carbocycles. The highest BCUT2D eigenvalue weighted by molar-refractivity contribution is 7.92. The van der Waals surface area contributed by atoms with Gasteiger partial charge in [0.05, 0.1) is 24.8 Å². The number of nitrogens with one attached hydrogen (secondary N) is 1. The number of aryl methyl sites for hydroxylation is 1. The van der Waals surface area contributed by atoms with Gasteiger partial charge in [0.2, 0.25) is 11.8 Å². The van der Waals surface area contributed by atoms with Crippen molar-refractivity contribution in [2.45, 2.75) is 37.8 Å². The third-order valence-electron chi connectivity index (χ3n) is 6.51. The number of rotatable bonds is 12. The van der Waals surface area contributed by atoms with Crippen LogP contribution in [-0.4, -0.2) is 59.0 Å². The van der Waals surface area contributed by atoms with Crippen molar-refractivity contribution >= 4 is 27.5 Å². The van der Waals surface area contributed by atoms with Crippen LogP contribution in [0.1, 0.15) is 24.5 Å². The molecule has 208 valence electrons. The summed E-state index contributed by atoms with van der Waals surface area (Å²) in [6, 6.07) is 19.3. The molecule has 1 atom stereocenters. The fraction of sp³-hybridized carbons (Fsp3) is 0.310. The molecule has 0 aromatic heterocycles. The van der Waals surface area contributed by atoms with E-state index in [2.05, 4.69) is 5.32 Å². The first-order valence-corrected chi connectivity index (χ1v) is 14.0. The second-order valence-electron chi connectivity index (χ2n) is 8.85. The average Bonchev–Trinajstić information content (AvgIpc) is 2.96. The zero-order chi connectivity index (χ0) is 28.6. The molecule has 3 aromatic carbocycles. The van der Waals surface area contributed by atoms with Crippen molar-refractivity contribution < 1.29 is 27.5 Å². The second kappa shape index (κ2) is 13.1. The van der Waals surface area contributed by atoms with Crippen molar-refractivity contribution in [1.82, 2.24) is 10.2 Å². The number of anilines is 1. The molecule has 1 N–H and O–H groups in total. The molecule has 10 heteroatoms. The number of benzene rings is 3. The predicted octanol–water partition coefficient (Wildman–Crippen LogP) is 3.76. The molecule has 0 spiro atoms. The number of hydrogen-bond donors (Lipinski definition) is 1. The molecule has 0 saturated heterocycles. The van der Waals surface area contributed by atoms with Crippen LogP contribution in [0.25, 0.3) is 0 Å². The molecule has 0 saturated carbocycles. The Labute approximate surface area is 230 Å². The van der Waals surface area contributed by atoms with Gasteiger partial charge in [-0.3, -0.25) is 13.9 Å². The molecule has 0 fully saturated rings. The van der Waals surface area contributed by atoms with Crippen molar-refractivity contribution in [2.75, 3.05) is 32.1 Å². The van der Waals surface area contributed by atoms with E-state index >= 15 is 0 Å². The van der Waals surface area contributed by atoms with E-state index in [1.54, 1.807) is 24.3 Å². The number of likely N-dealkylation sites (N-methyl/N-ethyl adjacent to an activating group) is 1. The van der Waals surface area contributed by atoms with Gasteiger partial charge >= 0.3 is 0 Å². The van der Waals surface area contributed by atoms with Gasteiger partial charge in [0.1, 0.15) is 24.1 Å². The highest BCUT2D eigenvalue weighted by Crippen LogP contribution is 2.33. The Hall–Kier alpha value is -4.05. The number of para-hydroxylation sites is 2. The van der Waals surface area contributed by atoms with E-state index in [1.165, 1.54) is 50.4 Å². The Morgan fingerprint density at radius 2 is 1.56 bits per heavy atom. The van der Waals surface area contributed by atoms with Gasteiger partial charge in [0, 0.05) is 13.6 Å². The van der Waals surface area contributed by atoms with Gasteiger partial charge in [-0.1, -0.05) is 43.3 Å². The standard InChI is InChI=1S/C29H35N3O6S/c1-6-25(29(34)30-3)31(19-22-12-8-7-11-21(22)2)28(33)20-32(26-13-9-10-14-27(26)38-5)39(35,36)24-17-15-23(37-4)16-18-24/h7-18,25H,6,19-20H2,1-5H3,(H,30,34). The molecule has 3 aromatic rings. The zero-order valence-corrected chi connectivity index (χ0v) is 23.7. The monoisotopic (exact) mass is 553 g/mol. The van der Waals surface area contributed by atoms with Gasteiger partial charge in [0.25, 0.3) is 10.0 Å². The SMILES string of the molecule is CCC(C(=O)NC)N(Cc1ccccc1C)C(=O)CN(c1ccccc1OC)S(=O)(=O)c1ccc(OC)cc1. The van der Waals surface area contributed by atoms with Gasteiger partial charge in [-0.15, -0.1) is 0 Å². The van der Waals surface area contributed by atoms with Crippen LogP contribution >= 0.6 is 0 Å². The maximum absolute atomic E-state index is 14.0. The maximum Gasteiger partial charge on any atom is 0.264 e. The van der Waals surface area contributed by atoms with E-state index < -0.39 is 28.5 Å². The summed E-state index contributed by atoms with van der Waals surface area (Å²) in [6.45, 7) is 3.33.